The summed E-state index contributed by atoms with van der Waals surface area (Å²) in [5, 5.41) is 20.5. The molecule has 0 spiro atoms. The Morgan fingerprint density at radius 2 is 1.79 bits per heavy atom. The third-order valence-corrected chi connectivity index (χ3v) is 6.77. The number of rotatable bonds is 10. The van der Waals surface area contributed by atoms with Crippen molar-refractivity contribution in [3.63, 3.8) is 0 Å². The monoisotopic (exact) mass is 520 g/mol. The van der Waals surface area contributed by atoms with E-state index in [2.05, 4.69) is 0 Å². The molecule has 0 saturated heterocycles. The average molecular weight is 520 g/mol. The van der Waals surface area contributed by atoms with Crippen LogP contribution in [0.15, 0.2) is 59.5 Å². The van der Waals surface area contributed by atoms with E-state index in [9.17, 15) is 23.6 Å². The van der Waals surface area contributed by atoms with Gasteiger partial charge in [-0.05, 0) is 24.6 Å². The molecule has 0 fully saturated rings. The van der Waals surface area contributed by atoms with Crippen LogP contribution in [0.4, 0.5) is 5.69 Å². The fourth-order valence-corrected chi connectivity index (χ4v) is 4.94. The summed E-state index contributed by atoms with van der Waals surface area (Å²) in [4.78, 5) is 10.2. The number of hydrogen-bond donors (Lipinski definition) is 1. The van der Waals surface area contributed by atoms with Crippen LogP contribution >= 0.6 is 22.6 Å². The lowest BCUT2D eigenvalue weighted by atomic mass is 10.2. The molecule has 8 nitrogen and oxygen atoms in total. The predicted octanol–water partition coefficient (Wildman–Crippen LogP) is 2.94. The lowest BCUT2D eigenvalue weighted by Gasteiger charge is -2.33. The van der Waals surface area contributed by atoms with E-state index in [-0.39, 0.29) is 30.3 Å². The molecule has 0 aliphatic rings. The highest BCUT2D eigenvalue weighted by Gasteiger charge is 2.36. The first-order valence-corrected chi connectivity index (χ1v) is 11.2. The maximum atomic E-state index is 13.3. The zero-order valence-electron chi connectivity index (χ0n) is 15.1. The molecule has 1 N–H and O–H groups in total. The van der Waals surface area contributed by atoms with Crippen LogP contribution in [0.5, 0.6) is 0 Å². The van der Waals surface area contributed by atoms with Crippen molar-refractivity contribution < 1.29 is 23.2 Å². The number of aliphatic hydroxyl groups is 1. The number of alkyl halides is 1. The third-order valence-electron chi connectivity index (χ3n) is 3.94. The fraction of sp³-hybridized carbons (Fsp3) is 0.333. The van der Waals surface area contributed by atoms with Gasteiger partial charge in [0, 0.05) is 25.3 Å². The normalized spacial score (nSPS) is 14.0. The van der Waals surface area contributed by atoms with Gasteiger partial charge in [0.25, 0.3) is 5.69 Å². The van der Waals surface area contributed by atoms with Gasteiger partial charge in [-0.2, -0.15) is 4.31 Å². The number of nitrogens with zero attached hydrogens (tertiary/aromatic N) is 2. The first-order chi connectivity index (χ1) is 13.3. The molecule has 0 aromatic heterocycles. The van der Waals surface area contributed by atoms with E-state index in [4.69, 9.17) is 4.74 Å². The van der Waals surface area contributed by atoms with E-state index >= 15 is 0 Å². The van der Waals surface area contributed by atoms with Gasteiger partial charge in [0.1, 0.15) is 6.23 Å². The second-order valence-electron chi connectivity index (χ2n) is 5.83. The maximum absolute atomic E-state index is 13.3. The van der Waals surface area contributed by atoms with E-state index in [1.54, 1.807) is 31.2 Å². The zero-order valence-corrected chi connectivity index (χ0v) is 18.1. The summed E-state index contributed by atoms with van der Waals surface area (Å²) in [6.45, 7) is 1.76. The van der Waals surface area contributed by atoms with Crippen molar-refractivity contribution >= 4 is 38.3 Å². The molecule has 0 aliphatic heterocycles. The Morgan fingerprint density at radius 1 is 1.18 bits per heavy atom. The molecular weight excluding hydrogens is 499 g/mol. The lowest BCUT2D eigenvalue weighted by molar-refractivity contribution is -0.384. The van der Waals surface area contributed by atoms with Gasteiger partial charge in [0.15, 0.2) is 0 Å². The van der Waals surface area contributed by atoms with Crippen molar-refractivity contribution in [1.29, 1.82) is 0 Å². The summed E-state index contributed by atoms with van der Waals surface area (Å²) in [7, 11) is -4.05. The van der Waals surface area contributed by atoms with Crippen molar-refractivity contribution in [2.75, 3.05) is 13.2 Å². The first kappa shape index (κ1) is 22.7. The van der Waals surface area contributed by atoms with Crippen LogP contribution in [0.1, 0.15) is 12.5 Å². The molecule has 28 heavy (non-hydrogen) atoms. The van der Waals surface area contributed by atoms with Crippen molar-refractivity contribution in [3.8, 4) is 0 Å². The molecule has 2 atom stereocenters. The smallest absolute Gasteiger partial charge is 0.269 e. The fourth-order valence-electron chi connectivity index (χ4n) is 2.58. The average Bonchev–Trinajstić information content (AvgIpc) is 2.70. The van der Waals surface area contributed by atoms with Gasteiger partial charge < -0.3 is 9.84 Å². The molecule has 0 bridgehead atoms. The molecule has 0 aliphatic carbocycles. The summed E-state index contributed by atoms with van der Waals surface area (Å²) in [6, 6.07) is 13.7. The van der Waals surface area contributed by atoms with Crippen LogP contribution in [-0.4, -0.2) is 46.1 Å². The van der Waals surface area contributed by atoms with Crippen LogP contribution in [0.2, 0.25) is 0 Å². The highest BCUT2D eigenvalue weighted by Crippen LogP contribution is 2.27. The second kappa shape index (κ2) is 10.3. The van der Waals surface area contributed by atoms with Gasteiger partial charge in [0.05, 0.1) is 20.4 Å². The van der Waals surface area contributed by atoms with E-state index in [1.165, 1.54) is 16.4 Å². The second-order valence-corrected chi connectivity index (χ2v) is 9.32. The Labute approximate surface area is 177 Å². The standard InChI is InChI=1S/C18H21IN2O6S/c1-2-27-18(17(19)13-22)20(12-14-6-4-3-5-7-14)28(25,26)16-10-8-15(9-11-16)21(23)24/h3-11,17-18,22H,2,12-13H2,1H3/t17-,18-/m1/s1. The van der Waals surface area contributed by atoms with Crippen molar-refractivity contribution in [2.45, 2.75) is 28.5 Å². The van der Waals surface area contributed by atoms with E-state index in [0.29, 0.717) is 0 Å². The molecule has 0 heterocycles. The van der Waals surface area contributed by atoms with Gasteiger partial charge in [-0.15, -0.1) is 0 Å². The largest absolute Gasteiger partial charge is 0.395 e. The molecule has 0 saturated carbocycles. The number of halogens is 1. The first-order valence-electron chi connectivity index (χ1n) is 8.48. The summed E-state index contributed by atoms with van der Waals surface area (Å²) >= 11 is 1.95. The number of non-ortho nitro benzene ring substituents is 1. The number of nitro groups is 1. The Kier molecular flexibility index (Phi) is 8.31. The van der Waals surface area contributed by atoms with Gasteiger partial charge in [-0.25, -0.2) is 8.42 Å². The van der Waals surface area contributed by atoms with Gasteiger partial charge in [-0.3, -0.25) is 10.1 Å². The van der Waals surface area contributed by atoms with Crippen LogP contribution < -0.4 is 0 Å². The molecular formula is C18H21IN2O6S. The Morgan fingerprint density at radius 3 is 2.29 bits per heavy atom. The van der Waals surface area contributed by atoms with E-state index in [0.717, 1.165) is 17.7 Å². The third kappa shape index (κ3) is 5.47. The highest BCUT2D eigenvalue weighted by atomic mass is 127. The number of sulfonamides is 1. The molecule has 152 valence electrons. The summed E-state index contributed by atoms with van der Waals surface area (Å²) in [6.07, 6.45) is -0.906. The van der Waals surface area contributed by atoms with Crippen LogP contribution in [0, 0.1) is 10.1 Å². The van der Waals surface area contributed by atoms with Crippen LogP contribution in [-0.2, 0) is 21.3 Å². The molecule has 2 rings (SSSR count). The molecule has 0 unspecified atom stereocenters. The molecule has 2 aromatic rings. The van der Waals surface area contributed by atoms with Crippen molar-refractivity contribution in [2.24, 2.45) is 0 Å². The summed E-state index contributed by atoms with van der Waals surface area (Å²) in [5.41, 5.74) is 0.552. The van der Waals surface area contributed by atoms with Gasteiger partial charge in [0.2, 0.25) is 10.0 Å². The molecule has 0 amide bonds. The van der Waals surface area contributed by atoms with Crippen LogP contribution in [0.3, 0.4) is 0 Å². The van der Waals surface area contributed by atoms with E-state index in [1.807, 2.05) is 28.7 Å². The number of aliphatic hydroxyl groups excluding tert-OH is 1. The highest BCUT2D eigenvalue weighted by molar-refractivity contribution is 14.1. The zero-order chi connectivity index (χ0) is 20.7. The minimum atomic E-state index is -4.05. The van der Waals surface area contributed by atoms with Gasteiger partial charge >= 0.3 is 0 Å². The number of benzene rings is 2. The van der Waals surface area contributed by atoms with E-state index < -0.39 is 25.1 Å². The minimum absolute atomic E-state index is 0.0321. The Hall–Kier alpha value is -1.60. The predicted molar refractivity (Wildman–Crippen MR) is 113 cm³/mol. The lowest BCUT2D eigenvalue weighted by Crippen LogP contribution is -2.47. The topological polar surface area (TPSA) is 110 Å². The Bertz CT molecular complexity index is 877. The van der Waals surface area contributed by atoms with Crippen LogP contribution in [0.25, 0.3) is 0 Å². The molecule has 10 heteroatoms. The number of hydrogen-bond acceptors (Lipinski definition) is 6. The number of nitro benzene ring substituents is 1. The van der Waals surface area contributed by atoms with Gasteiger partial charge in [-0.1, -0.05) is 52.9 Å². The quantitative estimate of drug-likeness (QED) is 0.170. The number of ether oxygens (including phenoxy) is 1. The SMILES string of the molecule is CCO[C@H]([C@H](I)CO)N(Cc1ccccc1)S(=O)(=O)c1ccc([N+](=O)[O-])cc1. The molecule has 2 aromatic carbocycles. The molecule has 0 radical (unpaired) electrons. The Balaban J connectivity index is 2.49. The maximum Gasteiger partial charge on any atom is 0.269 e. The van der Waals surface area contributed by atoms with Crippen molar-refractivity contribution in [3.05, 3.63) is 70.3 Å². The minimum Gasteiger partial charge on any atom is -0.395 e. The summed E-state index contributed by atoms with van der Waals surface area (Å²) in [5.74, 6) is 0. The summed E-state index contributed by atoms with van der Waals surface area (Å²) < 4.78 is 33.0. The van der Waals surface area contributed by atoms with Crippen molar-refractivity contribution in [1.82, 2.24) is 4.31 Å².